The topological polar surface area (TPSA) is 64.3 Å². The van der Waals surface area contributed by atoms with Crippen molar-refractivity contribution in [3.63, 3.8) is 0 Å². The Morgan fingerprint density at radius 2 is 1.95 bits per heavy atom. The maximum Gasteiger partial charge on any atom is 0.249 e. The number of rotatable bonds is 9. The predicted molar refractivity (Wildman–Crippen MR) is 82.6 cm³/mol. The van der Waals surface area contributed by atoms with E-state index in [-0.39, 0.29) is 23.9 Å². The summed E-state index contributed by atoms with van der Waals surface area (Å²) in [5, 5.41) is 3.01. The zero-order valence-electron chi connectivity index (χ0n) is 13.0. The lowest BCUT2D eigenvalue weighted by Crippen LogP contribution is -2.54. The number of halogens is 1. The van der Waals surface area contributed by atoms with Crippen LogP contribution in [0.25, 0.3) is 0 Å². The maximum absolute atomic E-state index is 12.0. The van der Waals surface area contributed by atoms with Crippen LogP contribution in [0.1, 0.15) is 53.9 Å². The molecule has 0 aliphatic carbocycles. The molecule has 0 saturated heterocycles. The minimum atomic E-state index is -0.408. The monoisotopic (exact) mass is 294 g/mol. The molecule has 0 aromatic rings. The van der Waals surface area contributed by atoms with E-state index in [4.69, 9.17) is 10.5 Å². The number of hydrogen-bond acceptors (Lipinski definition) is 3. The fourth-order valence-corrected chi connectivity index (χ4v) is 1.97. The Hall–Kier alpha value is -0.320. The lowest BCUT2D eigenvalue weighted by Gasteiger charge is -2.32. The third-order valence-corrected chi connectivity index (χ3v) is 2.97. The molecule has 3 N–H and O–H groups in total. The summed E-state index contributed by atoms with van der Waals surface area (Å²) in [7, 11) is 0. The molecule has 2 atom stereocenters. The fraction of sp³-hybridized carbons (Fsp3) is 0.929. The van der Waals surface area contributed by atoms with E-state index in [2.05, 4.69) is 26.1 Å². The number of carbonyl (C=O) groups excluding carboxylic acids is 1. The Labute approximate surface area is 124 Å². The number of nitrogens with two attached hydrogens (primary N) is 1. The second-order valence-corrected chi connectivity index (χ2v) is 5.72. The summed E-state index contributed by atoms with van der Waals surface area (Å²) in [5.74, 6) is 0.426. The zero-order valence-corrected chi connectivity index (χ0v) is 13.8. The van der Waals surface area contributed by atoms with Crippen molar-refractivity contribution in [3.05, 3.63) is 0 Å². The van der Waals surface area contributed by atoms with Crippen molar-refractivity contribution < 1.29 is 9.53 Å². The van der Waals surface area contributed by atoms with Gasteiger partial charge in [0.1, 0.15) is 6.10 Å². The summed E-state index contributed by atoms with van der Waals surface area (Å²) in [6.45, 7) is 11.2. The molecule has 19 heavy (non-hydrogen) atoms. The molecule has 0 aliphatic heterocycles. The van der Waals surface area contributed by atoms with E-state index < -0.39 is 6.10 Å². The Morgan fingerprint density at radius 3 is 2.37 bits per heavy atom. The average Bonchev–Trinajstić information content (AvgIpc) is 2.28. The van der Waals surface area contributed by atoms with Crippen LogP contribution in [0.5, 0.6) is 0 Å². The van der Waals surface area contributed by atoms with Gasteiger partial charge in [0, 0.05) is 18.7 Å². The quantitative estimate of drug-likeness (QED) is 0.642. The molecule has 0 saturated carbocycles. The molecular weight excluding hydrogens is 264 g/mol. The molecule has 0 aliphatic rings. The Balaban J connectivity index is 0. The SMILES string of the molecule is CCCCOC(C)C(=O)NC(C)(CN)CC(C)C.Cl. The molecule has 2 unspecified atom stereocenters. The third kappa shape index (κ3) is 9.25. The van der Waals surface area contributed by atoms with Gasteiger partial charge >= 0.3 is 0 Å². The highest BCUT2D eigenvalue weighted by molar-refractivity contribution is 5.85. The Morgan fingerprint density at radius 1 is 1.37 bits per heavy atom. The molecule has 0 aromatic heterocycles. The van der Waals surface area contributed by atoms with Crippen LogP contribution in [0.2, 0.25) is 0 Å². The second-order valence-electron chi connectivity index (χ2n) is 5.72. The lowest BCUT2D eigenvalue weighted by molar-refractivity contribution is -0.133. The molecular formula is C14H31ClN2O2. The highest BCUT2D eigenvalue weighted by atomic mass is 35.5. The van der Waals surface area contributed by atoms with Crippen LogP contribution in [0.3, 0.4) is 0 Å². The molecule has 0 rings (SSSR count). The molecule has 0 heterocycles. The lowest BCUT2D eigenvalue weighted by atomic mass is 9.90. The smallest absolute Gasteiger partial charge is 0.249 e. The van der Waals surface area contributed by atoms with Crippen molar-refractivity contribution >= 4 is 18.3 Å². The molecule has 5 heteroatoms. The number of unbranched alkanes of at least 4 members (excludes halogenated alkanes) is 1. The second kappa shape index (κ2) is 10.5. The van der Waals surface area contributed by atoms with Crippen molar-refractivity contribution in [2.45, 2.75) is 65.5 Å². The zero-order chi connectivity index (χ0) is 14.2. The van der Waals surface area contributed by atoms with Crippen LogP contribution >= 0.6 is 12.4 Å². The molecule has 0 bridgehead atoms. The normalized spacial score (nSPS) is 15.5. The van der Waals surface area contributed by atoms with E-state index in [9.17, 15) is 4.79 Å². The first-order chi connectivity index (χ1) is 8.34. The van der Waals surface area contributed by atoms with Crippen LogP contribution in [0.4, 0.5) is 0 Å². The Bertz CT molecular complexity index is 250. The van der Waals surface area contributed by atoms with E-state index in [0.29, 0.717) is 19.1 Å². The molecule has 4 nitrogen and oxygen atoms in total. The van der Waals surface area contributed by atoms with Crippen LogP contribution in [-0.4, -0.2) is 30.7 Å². The van der Waals surface area contributed by atoms with E-state index in [1.165, 1.54) is 0 Å². The van der Waals surface area contributed by atoms with Crippen molar-refractivity contribution in [1.82, 2.24) is 5.32 Å². The van der Waals surface area contributed by atoms with Gasteiger partial charge in [-0.3, -0.25) is 4.79 Å². The largest absolute Gasteiger partial charge is 0.369 e. The summed E-state index contributed by atoms with van der Waals surface area (Å²) in [6.07, 6.45) is 2.52. The summed E-state index contributed by atoms with van der Waals surface area (Å²) in [4.78, 5) is 12.0. The number of hydrogen-bond donors (Lipinski definition) is 2. The van der Waals surface area contributed by atoms with Crippen molar-refractivity contribution in [2.75, 3.05) is 13.2 Å². The Kier molecular flexibility index (Phi) is 11.6. The third-order valence-electron chi connectivity index (χ3n) is 2.97. The number of ether oxygens (including phenoxy) is 1. The number of carbonyl (C=O) groups is 1. The summed E-state index contributed by atoms with van der Waals surface area (Å²) >= 11 is 0. The van der Waals surface area contributed by atoms with E-state index >= 15 is 0 Å². The van der Waals surface area contributed by atoms with Gasteiger partial charge in [-0.15, -0.1) is 12.4 Å². The molecule has 0 fully saturated rings. The summed E-state index contributed by atoms with van der Waals surface area (Å²) in [5.41, 5.74) is 5.43. The minimum absolute atomic E-state index is 0. The summed E-state index contributed by atoms with van der Waals surface area (Å²) in [6, 6.07) is 0. The van der Waals surface area contributed by atoms with Crippen LogP contribution in [-0.2, 0) is 9.53 Å². The first-order valence-corrected chi connectivity index (χ1v) is 6.98. The van der Waals surface area contributed by atoms with Crippen LogP contribution in [0.15, 0.2) is 0 Å². The van der Waals surface area contributed by atoms with Gasteiger partial charge < -0.3 is 15.8 Å². The number of nitrogens with one attached hydrogen (secondary N) is 1. The van der Waals surface area contributed by atoms with Gasteiger partial charge in [-0.2, -0.15) is 0 Å². The predicted octanol–water partition coefficient (Wildman–Crippen LogP) is 2.49. The van der Waals surface area contributed by atoms with Gasteiger partial charge in [-0.25, -0.2) is 0 Å². The van der Waals surface area contributed by atoms with Gasteiger partial charge in [0.25, 0.3) is 0 Å². The first kappa shape index (κ1) is 21.0. The first-order valence-electron chi connectivity index (χ1n) is 6.98. The van der Waals surface area contributed by atoms with E-state index in [1.54, 1.807) is 6.92 Å². The van der Waals surface area contributed by atoms with Crippen molar-refractivity contribution in [3.8, 4) is 0 Å². The average molecular weight is 295 g/mol. The van der Waals surface area contributed by atoms with Gasteiger partial charge in [0.2, 0.25) is 5.91 Å². The summed E-state index contributed by atoms with van der Waals surface area (Å²) < 4.78 is 5.49. The fourth-order valence-electron chi connectivity index (χ4n) is 1.97. The van der Waals surface area contributed by atoms with Crippen LogP contribution < -0.4 is 11.1 Å². The highest BCUT2D eigenvalue weighted by Crippen LogP contribution is 2.15. The molecule has 0 spiro atoms. The molecule has 1 amide bonds. The standard InChI is InChI=1S/C14H30N2O2.ClH/c1-6-7-8-18-12(4)13(17)16-14(5,10-15)9-11(2)3;/h11-12H,6-10,15H2,1-5H3,(H,16,17);1H. The molecule has 116 valence electrons. The van der Waals surface area contributed by atoms with Gasteiger partial charge in [0.15, 0.2) is 0 Å². The van der Waals surface area contributed by atoms with Crippen molar-refractivity contribution in [2.24, 2.45) is 11.7 Å². The van der Waals surface area contributed by atoms with E-state index in [1.807, 2.05) is 6.92 Å². The minimum Gasteiger partial charge on any atom is -0.369 e. The van der Waals surface area contributed by atoms with Crippen molar-refractivity contribution in [1.29, 1.82) is 0 Å². The maximum atomic E-state index is 12.0. The van der Waals surface area contributed by atoms with Crippen LogP contribution in [0, 0.1) is 5.92 Å². The van der Waals surface area contributed by atoms with Gasteiger partial charge in [0.05, 0.1) is 0 Å². The number of amides is 1. The van der Waals surface area contributed by atoms with E-state index in [0.717, 1.165) is 19.3 Å². The highest BCUT2D eigenvalue weighted by Gasteiger charge is 2.27. The molecule has 0 aromatic carbocycles. The van der Waals surface area contributed by atoms with Gasteiger partial charge in [-0.05, 0) is 32.6 Å². The molecule has 0 radical (unpaired) electrons. The van der Waals surface area contributed by atoms with Gasteiger partial charge in [-0.1, -0.05) is 27.2 Å².